The van der Waals surface area contributed by atoms with Gasteiger partial charge in [0.25, 0.3) is 0 Å². The first-order chi connectivity index (χ1) is 11.2. The van der Waals surface area contributed by atoms with Gasteiger partial charge in [0.05, 0.1) is 6.04 Å². The highest BCUT2D eigenvalue weighted by Gasteiger charge is 2.29. The fraction of sp³-hybridized carbons (Fsp3) is 0.529. The number of anilines is 1. The zero-order valence-electron chi connectivity index (χ0n) is 13.9. The number of aldehydes is 1. The Labute approximate surface area is 148 Å². The molecule has 24 heavy (non-hydrogen) atoms. The van der Waals surface area contributed by atoms with Crippen LogP contribution in [0.5, 0.6) is 0 Å². The number of nitrogens with one attached hydrogen (secondary N) is 1. The molecular weight excluding hydrogens is 333 g/mol. The Morgan fingerprint density at radius 3 is 2.67 bits per heavy atom. The molecule has 7 heteroatoms. The van der Waals surface area contributed by atoms with Crippen LogP contribution in [0.25, 0.3) is 0 Å². The lowest BCUT2D eigenvalue weighted by atomic mass is 10.0. The summed E-state index contributed by atoms with van der Waals surface area (Å²) in [6.45, 7) is 4.52. The molecule has 0 aromatic heterocycles. The number of benzene rings is 1. The molecule has 1 N–H and O–H groups in total. The Hall–Kier alpha value is -1.82. The van der Waals surface area contributed by atoms with Gasteiger partial charge in [0.2, 0.25) is 0 Å². The lowest BCUT2D eigenvalue weighted by molar-refractivity contribution is -0.108. The number of hydrogen-bond donors (Lipinski definition) is 1. The number of nitrogens with zero attached hydrogens (tertiary/aromatic N) is 2. The van der Waals surface area contributed by atoms with Crippen molar-refractivity contribution in [3.8, 4) is 0 Å². The minimum Gasteiger partial charge on any atom is -0.368 e. The molecule has 1 fully saturated rings. The maximum Gasteiger partial charge on any atom is 0.317 e. The zero-order chi connectivity index (χ0) is 16.7. The summed E-state index contributed by atoms with van der Waals surface area (Å²) >= 11 is 0. The van der Waals surface area contributed by atoms with Crippen LogP contribution in [0.4, 0.5) is 14.9 Å². The highest BCUT2D eigenvalue weighted by molar-refractivity contribution is 5.85. The topological polar surface area (TPSA) is 52.7 Å². The van der Waals surface area contributed by atoms with Gasteiger partial charge in [0, 0.05) is 38.3 Å². The molecule has 0 aliphatic carbocycles. The number of carbonyl (C=O) groups excluding carboxylic acids is 2. The highest BCUT2D eigenvalue weighted by atomic mass is 35.5. The molecule has 0 saturated carbocycles. The lowest BCUT2D eigenvalue weighted by Gasteiger charge is -2.42. The Bertz CT molecular complexity index is 527. The van der Waals surface area contributed by atoms with Gasteiger partial charge >= 0.3 is 6.03 Å². The third kappa shape index (κ3) is 5.37. The molecule has 2 rings (SSSR count). The molecule has 0 radical (unpaired) electrons. The standard InChI is InChI=1S/C17H24FN3O2.ClH/c1-2-19-17(23)21-11-10-20(13-16(21)5-3-4-12-22)15-8-6-14(18)7-9-15;/h6-9,12,16H,2-5,10-11,13H2,1H3,(H,19,23);1H. The van der Waals surface area contributed by atoms with Gasteiger partial charge in [0.15, 0.2) is 0 Å². The predicted octanol–water partition coefficient (Wildman–Crippen LogP) is 2.84. The number of hydrogen-bond acceptors (Lipinski definition) is 3. The number of carbonyl (C=O) groups is 2. The Balaban J connectivity index is 0.00000288. The molecule has 1 aliphatic rings. The van der Waals surface area contributed by atoms with E-state index < -0.39 is 0 Å². The summed E-state index contributed by atoms with van der Waals surface area (Å²) < 4.78 is 13.1. The first-order valence-electron chi connectivity index (χ1n) is 8.14. The van der Waals surface area contributed by atoms with Crippen molar-refractivity contribution < 1.29 is 14.0 Å². The number of unbranched alkanes of at least 4 members (excludes halogenated alkanes) is 1. The van der Waals surface area contributed by atoms with E-state index in [1.807, 2.05) is 11.8 Å². The van der Waals surface area contributed by atoms with E-state index in [1.165, 1.54) is 12.1 Å². The second-order valence-corrected chi connectivity index (χ2v) is 5.70. The minimum absolute atomic E-state index is 0. The molecule has 1 atom stereocenters. The number of amides is 2. The van der Waals surface area contributed by atoms with Crippen molar-refractivity contribution in [3.63, 3.8) is 0 Å². The van der Waals surface area contributed by atoms with Crippen molar-refractivity contribution in [2.24, 2.45) is 0 Å². The van der Waals surface area contributed by atoms with Crippen LogP contribution in [0.1, 0.15) is 26.2 Å². The molecule has 5 nitrogen and oxygen atoms in total. The third-order valence-electron chi connectivity index (χ3n) is 4.12. The predicted molar refractivity (Wildman–Crippen MR) is 95.3 cm³/mol. The van der Waals surface area contributed by atoms with Crippen LogP contribution in [-0.4, -0.2) is 49.4 Å². The van der Waals surface area contributed by atoms with Crippen molar-refractivity contribution in [2.75, 3.05) is 31.1 Å². The SMILES string of the molecule is CCNC(=O)N1CCN(c2ccc(F)cc2)CC1CCCC=O.Cl. The number of rotatable bonds is 6. The van der Waals surface area contributed by atoms with Crippen molar-refractivity contribution in [3.05, 3.63) is 30.1 Å². The van der Waals surface area contributed by atoms with Gasteiger partial charge in [-0.1, -0.05) is 0 Å². The van der Waals surface area contributed by atoms with E-state index in [0.717, 1.165) is 24.8 Å². The summed E-state index contributed by atoms with van der Waals surface area (Å²) in [4.78, 5) is 26.8. The highest BCUT2D eigenvalue weighted by Crippen LogP contribution is 2.22. The van der Waals surface area contributed by atoms with Gasteiger partial charge in [-0.25, -0.2) is 9.18 Å². The van der Waals surface area contributed by atoms with Gasteiger partial charge in [-0.3, -0.25) is 0 Å². The van der Waals surface area contributed by atoms with Gasteiger partial charge < -0.3 is 19.9 Å². The van der Waals surface area contributed by atoms with Crippen LogP contribution < -0.4 is 10.2 Å². The van der Waals surface area contributed by atoms with Gasteiger partial charge in [-0.2, -0.15) is 0 Å². The second kappa shape index (κ2) is 10.1. The fourth-order valence-corrected chi connectivity index (χ4v) is 2.95. The Morgan fingerprint density at radius 1 is 1.33 bits per heavy atom. The van der Waals surface area contributed by atoms with Crippen LogP contribution in [0.3, 0.4) is 0 Å². The average Bonchev–Trinajstić information content (AvgIpc) is 2.56. The summed E-state index contributed by atoms with van der Waals surface area (Å²) in [5, 5.41) is 2.85. The molecule has 1 heterocycles. The van der Waals surface area contributed by atoms with E-state index in [0.29, 0.717) is 32.6 Å². The number of halogens is 2. The smallest absolute Gasteiger partial charge is 0.317 e. The molecule has 1 aromatic carbocycles. The van der Waals surface area contributed by atoms with Gasteiger partial charge in [-0.15, -0.1) is 12.4 Å². The van der Waals surface area contributed by atoms with E-state index in [1.54, 1.807) is 12.1 Å². The fourth-order valence-electron chi connectivity index (χ4n) is 2.95. The number of piperazine rings is 1. The number of urea groups is 1. The summed E-state index contributed by atoms with van der Waals surface area (Å²) in [5.41, 5.74) is 0.960. The quantitative estimate of drug-likeness (QED) is 0.629. The molecule has 0 bridgehead atoms. The average molecular weight is 358 g/mol. The first kappa shape index (κ1) is 20.2. The summed E-state index contributed by atoms with van der Waals surface area (Å²) in [7, 11) is 0. The second-order valence-electron chi connectivity index (χ2n) is 5.70. The molecule has 1 unspecified atom stereocenters. The van der Waals surface area contributed by atoms with Gasteiger partial charge in [-0.05, 0) is 44.0 Å². The lowest BCUT2D eigenvalue weighted by Crippen LogP contribution is -2.57. The van der Waals surface area contributed by atoms with Crippen LogP contribution in [0.15, 0.2) is 24.3 Å². The third-order valence-corrected chi connectivity index (χ3v) is 4.12. The first-order valence-corrected chi connectivity index (χ1v) is 8.14. The molecule has 1 aromatic rings. The van der Waals surface area contributed by atoms with E-state index >= 15 is 0 Å². The molecule has 2 amide bonds. The van der Waals surface area contributed by atoms with Crippen molar-refractivity contribution >= 4 is 30.4 Å². The molecular formula is C17H25ClFN3O2. The summed E-state index contributed by atoms with van der Waals surface area (Å²) in [5.74, 6) is -0.253. The largest absolute Gasteiger partial charge is 0.368 e. The van der Waals surface area contributed by atoms with E-state index in [-0.39, 0.29) is 30.3 Å². The summed E-state index contributed by atoms with van der Waals surface area (Å²) in [6.07, 6.45) is 2.97. The molecule has 134 valence electrons. The molecule has 1 saturated heterocycles. The molecule has 0 spiro atoms. The van der Waals surface area contributed by atoms with E-state index in [9.17, 15) is 14.0 Å². The monoisotopic (exact) mass is 357 g/mol. The maximum absolute atomic E-state index is 13.1. The Morgan fingerprint density at radius 2 is 2.04 bits per heavy atom. The van der Waals surface area contributed by atoms with Crippen molar-refractivity contribution in [1.29, 1.82) is 0 Å². The van der Waals surface area contributed by atoms with Crippen LogP contribution in [0.2, 0.25) is 0 Å². The normalized spacial score (nSPS) is 17.2. The summed E-state index contributed by atoms with van der Waals surface area (Å²) in [6, 6.07) is 6.43. The van der Waals surface area contributed by atoms with Gasteiger partial charge in [0.1, 0.15) is 12.1 Å². The van der Waals surface area contributed by atoms with Crippen LogP contribution in [0, 0.1) is 5.82 Å². The Kier molecular flexibility index (Phi) is 8.54. The van der Waals surface area contributed by atoms with Crippen molar-refractivity contribution in [1.82, 2.24) is 10.2 Å². The minimum atomic E-state index is -0.253. The van der Waals surface area contributed by atoms with Crippen LogP contribution >= 0.6 is 12.4 Å². The van der Waals surface area contributed by atoms with Crippen molar-refractivity contribution in [2.45, 2.75) is 32.2 Å². The van der Waals surface area contributed by atoms with E-state index in [2.05, 4.69) is 10.2 Å². The maximum atomic E-state index is 13.1. The zero-order valence-corrected chi connectivity index (χ0v) is 14.7. The van der Waals surface area contributed by atoms with E-state index in [4.69, 9.17) is 0 Å². The molecule has 1 aliphatic heterocycles. The van der Waals surface area contributed by atoms with Crippen LogP contribution in [-0.2, 0) is 4.79 Å².